The summed E-state index contributed by atoms with van der Waals surface area (Å²) in [5.74, 6) is -1.79. The number of nitrogens with one attached hydrogen (secondary N) is 1. The Morgan fingerprint density at radius 1 is 1.10 bits per heavy atom. The van der Waals surface area contributed by atoms with E-state index >= 15 is 0 Å². The molecule has 0 bridgehead atoms. The lowest BCUT2D eigenvalue weighted by Crippen LogP contribution is -2.31. The quantitative estimate of drug-likeness (QED) is 0.425. The number of methoxy groups -OCH3 is 3. The van der Waals surface area contributed by atoms with Crippen molar-refractivity contribution in [3.8, 4) is 17.2 Å². The fourth-order valence-electron chi connectivity index (χ4n) is 3.05. The number of aromatic nitrogens is 1. The number of carbonyl (C=O) groups is 1. The molecular formula is C19H17N3O8S. The van der Waals surface area contributed by atoms with Gasteiger partial charge >= 0.3 is 5.69 Å². The van der Waals surface area contributed by atoms with E-state index in [2.05, 4.69) is 4.98 Å². The van der Waals surface area contributed by atoms with Crippen LogP contribution in [0.4, 0.5) is 5.69 Å². The molecule has 0 fully saturated rings. The van der Waals surface area contributed by atoms with Gasteiger partial charge in [-0.1, -0.05) is 12.1 Å². The maximum absolute atomic E-state index is 12.9. The van der Waals surface area contributed by atoms with Crippen molar-refractivity contribution < 1.29 is 32.3 Å². The minimum atomic E-state index is -4.39. The summed E-state index contributed by atoms with van der Waals surface area (Å²) in [6, 6.07) is 6.95. The monoisotopic (exact) mass is 447 g/mol. The summed E-state index contributed by atoms with van der Waals surface area (Å²) in [7, 11) is -0.753. The zero-order valence-corrected chi connectivity index (χ0v) is 17.4. The molecule has 0 aliphatic carbocycles. The molecule has 0 unspecified atom stereocenters. The first kappa shape index (κ1) is 21.8. The summed E-state index contributed by atoms with van der Waals surface area (Å²) in [6.45, 7) is 0. The van der Waals surface area contributed by atoms with Gasteiger partial charge in [0.15, 0.2) is 5.75 Å². The molecule has 0 aliphatic rings. The molecule has 1 heterocycles. The van der Waals surface area contributed by atoms with E-state index in [1.807, 2.05) is 4.72 Å². The van der Waals surface area contributed by atoms with Crippen molar-refractivity contribution in [1.29, 1.82) is 0 Å². The van der Waals surface area contributed by atoms with Gasteiger partial charge in [-0.3, -0.25) is 19.9 Å². The number of nitro groups is 1. The number of hydrogen-bond acceptors (Lipinski definition) is 9. The van der Waals surface area contributed by atoms with Crippen LogP contribution in [0, 0.1) is 10.1 Å². The van der Waals surface area contributed by atoms with Crippen LogP contribution in [-0.4, -0.2) is 45.6 Å². The normalized spacial score (nSPS) is 11.1. The molecule has 12 heteroatoms. The Labute approximate surface area is 176 Å². The molecule has 0 radical (unpaired) electrons. The van der Waals surface area contributed by atoms with Gasteiger partial charge in [-0.15, -0.1) is 0 Å². The number of pyridine rings is 1. The molecule has 1 N–H and O–H groups in total. The molecule has 0 saturated carbocycles. The third-order valence-electron chi connectivity index (χ3n) is 4.39. The van der Waals surface area contributed by atoms with Gasteiger partial charge in [0.25, 0.3) is 15.9 Å². The minimum absolute atomic E-state index is 0.0521. The van der Waals surface area contributed by atoms with Gasteiger partial charge < -0.3 is 14.2 Å². The smallest absolute Gasteiger partial charge is 0.327 e. The van der Waals surface area contributed by atoms with E-state index in [4.69, 9.17) is 14.2 Å². The molecule has 2 aromatic carbocycles. The van der Waals surface area contributed by atoms with Gasteiger partial charge in [0.1, 0.15) is 5.56 Å². The summed E-state index contributed by atoms with van der Waals surface area (Å²) < 4.78 is 43.0. The Bertz CT molecular complexity index is 1290. The first-order valence-corrected chi connectivity index (χ1v) is 10.1. The molecule has 1 aromatic heterocycles. The lowest BCUT2D eigenvalue weighted by atomic mass is 10.1. The fraction of sp³-hybridized carbons (Fsp3) is 0.158. The van der Waals surface area contributed by atoms with Gasteiger partial charge in [-0.2, -0.15) is 0 Å². The third kappa shape index (κ3) is 3.92. The van der Waals surface area contributed by atoms with Crippen molar-refractivity contribution in [1.82, 2.24) is 9.71 Å². The standard InChI is InChI=1S/C19H17N3O8S/c1-28-14-9-13(16(22(24)25)18(30-3)17(14)29-2)19(23)21-31(26,27)15-6-4-5-11-10-20-8-7-12(11)15/h4-10H,1-3H3,(H,21,23). The summed E-state index contributed by atoms with van der Waals surface area (Å²) in [5, 5.41) is 12.5. The van der Waals surface area contributed by atoms with Crippen LogP contribution in [0.2, 0.25) is 0 Å². The van der Waals surface area contributed by atoms with E-state index in [0.717, 1.165) is 13.2 Å². The highest BCUT2D eigenvalue weighted by atomic mass is 32.2. The molecule has 3 aromatic rings. The second-order valence-electron chi connectivity index (χ2n) is 6.09. The Hall–Kier alpha value is -3.93. The van der Waals surface area contributed by atoms with Crippen molar-refractivity contribution in [3.05, 3.63) is 58.4 Å². The van der Waals surface area contributed by atoms with Crippen LogP contribution in [0.25, 0.3) is 10.8 Å². The van der Waals surface area contributed by atoms with Crippen molar-refractivity contribution >= 4 is 32.4 Å². The van der Waals surface area contributed by atoms with Crippen LogP contribution in [0.15, 0.2) is 47.6 Å². The molecule has 1 amide bonds. The number of nitrogens with zero attached hydrogens (tertiary/aromatic N) is 2. The molecule has 0 spiro atoms. The molecule has 11 nitrogen and oxygen atoms in total. The van der Waals surface area contributed by atoms with Crippen molar-refractivity contribution in [2.75, 3.05) is 21.3 Å². The molecule has 0 saturated heterocycles. The predicted molar refractivity (Wildman–Crippen MR) is 109 cm³/mol. The fourth-order valence-corrected chi connectivity index (χ4v) is 4.25. The number of fused-ring (bicyclic) bond motifs is 1. The Morgan fingerprint density at radius 2 is 1.81 bits per heavy atom. The highest BCUT2D eigenvalue weighted by Gasteiger charge is 2.34. The van der Waals surface area contributed by atoms with Gasteiger partial charge in [-0.25, -0.2) is 13.1 Å². The van der Waals surface area contributed by atoms with E-state index in [1.54, 1.807) is 6.07 Å². The summed E-state index contributed by atoms with van der Waals surface area (Å²) in [5.41, 5.74) is -1.35. The van der Waals surface area contributed by atoms with Crippen LogP contribution in [0.3, 0.4) is 0 Å². The number of sulfonamides is 1. The lowest BCUT2D eigenvalue weighted by Gasteiger charge is -2.15. The molecule has 0 atom stereocenters. The Morgan fingerprint density at radius 3 is 2.42 bits per heavy atom. The van der Waals surface area contributed by atoms with Crippen molar-refractivity contribution in [2.24, 2.45) is 0 Å². The zero-order chi connectivity index (χ0) is 22.8. The maximum atomic E-state index is 12.9. The topological polar surface area (TPSA) is 147 Å². The summed E-state index contributed by atoms with van der Waals surface area (Å²) in [4.78, 5) is 27.4. The van der Waals surface area contributed by atoms with Crippen LogP contribution >= 0.6 is 0 Å². The number of rotatable bonds is 7. The SMILES string of the molecule is COc1cc(C(=O)NS(=O)(=O)c2cccc3cnccc23)c([N+](=O)[O-])c(OC)c1OC. The number of ether oxygens (including phenoxy) is 3. The van der Waals surface area contributed by atoms with Gasteiger partial charge in [-0.05, 0) is 12.1 Å². The highest BCUT2D eigenvalue weighted by molar-refractivity contribution is 7.90. The van der Waals surface area contributed by atoms with E-state index in [9.17, 15) is 23.3 Å². The second kappa shape index (κ2) is 8.44. The minimum Gasteiger partial charge on any atom is -0.493 e. The molecule has 3 rings (SSSR count). The van der Waals surface area contributed by atoms with Gasteiger partial charge in [0.05, 0.1) is 31.1 Å². The molecular weight excluding hydrogens is 430 g/mol. The predicted octanol–water partition coefficient (Wildman–Crippen LogP) is 2.29. The Kier molecular flexibility index (Phi) is 5.92. The number of benzene rings is 2. The van der Waals surface area contributed by atoms with E-state index in [-0.39, 0.29) is 22.1 Å². The molecule has 162 valence electrons. The van der Waals surface area contributed by atoms with Gasteiger partial charge in [0, 0.05) is 29.2 Å². The first-order valence-electron chi connectivity index (χ1n) is 8.62. The largest absolute Gasteiger partial charge is 0.493 e. The van der Waals surface area contributed by atoms with Crippen LogP contribution in [-0.2, 0) is 10.0 Å². The number of hydrogen-bond donors (Lipinski definition) is 1. The van der Waals surface area contributed by atoms with Crippen LogP contribution in [0.1, 0.15) is 10.4 Å². The van der Waals surface area contributed by atoms with Crippen LogP contribution in [0.5, 0.6) is 17.2 Å². The van der Waals surface area contributed by atoms with E-state index in [0.29, 0.717) is 10.8 Å². The number of carbonyl (C=O) groups excluding carboxylic acids is 1. The molecule has 31 heavy (non-hydrogen) atoms. The van der Waals surface area contributed by atoms with Crippen LogP contribution < -0.4 is 18.9 Å². The highest BCUT2D eigenvalue weighted by Crippen LogP contribution is 2.46. The average Bonchev–Trinajstić information content (AvgIpc) is 2.76. The average molecular weight is 447 g/mol. The number of amides is 1. The number of nitro benzene ring substituents is 1. The lowest BCUT2D eigenvalue weighted by molar-refractivity contribution is -0.386. The first-order chi connectivity index (χ1) is 14.7. The third-order valence-corrected chi connectivity index (χ3v) is 5.78. The van der Waals surface area contributed by atoms with E-state index in [1.165, 1.54) is 44.8 Å². The van der Waals surface area contributed by atoms with Crippen molar-refractivity contribution in [3.63, 3.8) is 0 Å². The second-order valence-corrected chi connectivity index (χ2v) is 7.74. The van der Waals surface area contributed by atoms with Crippen molar-refractivity contribution in [2.45, 2.75) is 4.90 Å². The van der Waals surface area contributed by atoms with E-state index < -0.39 is 32.1 Å². The summed E-state index contributed by atoms with van der Waals surface area (Å²) >= 11 is 0. The maximum Gasteiger partial charge on any atom is 0.327 e. The Balaban J connectivity index is 2.14. The summed E-state index contributed by atoms with van der Waals surface area (Å²) in [6.07, 6.45) is 2.88. The molecule has 0 aliphatic heterocycles. The van der Waals surface area contributed by atoms with Gasteiger partial charge in [0.2, 0.25) is 11.5 Å². The zero-order valence-electron chi connectivity index (χ0n) is 16.6.